The first-order valence-corrected chi connectivity index (χ1v) is 9.43. The minimum atomic E-state index is -0.565. The number of hydrogen-bond donors (Lipinski definition) is 2. The predicted octanol–water partition coefficient (Wildman–Crippen LogP) is 3.68. The van der Waals surface area contributed by atoms with Crippen molar-refractivity contribution in [3.8, 4) is 0 Å². The third-order valence-corrected chi connectivity index (χ3v) is 5.74. The van der Waals surface area contributed by atoms with E-state index in [4.69, 9.17) is 11.6 Å². The van der Waals surface area contributed by atoms with E-state index in [1.54, 1.807) is 35.2 Å². The molecule has 0 saturated carbocycles. The summed E-state index contributed by atoms with van der Waals surface area (Å²) in [4.78, 5) is 28.8. The third-order valence-electron chi connectivity index (χ3n) is 5.51. The van der Waals surface area contributed by atoms with E-state index in [0.717, 1.165) is 5.69 Å². The number of carbonyl (C=O) groups is 2. The molecule has 2 aliphatic rings. The second kappa shape index (κ2) is 6.98. The van der Waals surface area contributed by atoms with Gasteiger partial charge in [0.15, 0.2) is 0 Å². The first kappa shape index (κ1) is 18.6. The molecule has 6 nitrogen and oxygen atoms in total. The van der Waals surface area contributed by atoms with Crippen LogP contribution < -0.4 is 15.5 Å². The van der Waals surface area contributed by atoms with Gasteiger partial charge < -0.3 is 20.4 Å². The van der Waals surface area contributed by atoms with Crippen LogP contribution in [-0.2, 0) is 0 Å². The molecule has 0 aromatic heterocycles. The van der Waals surface area contributed by atoms with Gasteiger partial charge in [-0.25, -0.2) is 9.18 Å². The van der Waals surface area contributed by atoms with E-state index in [1.165, 1.54) is 12.1 Å². The maximum atomic E-state index is 13.3. The van der Waals surface area contributed by atoms with Crippen LogP contribution >= 0.6 is 11.6 Å². The number of likely N-dealkylation sites (tertiary alicyclic amines) is 1. The van der Waals surface area contributed by atoms with E-state index in [9.17, 15) is 14.0 Å². The van der Waals surface area contributed by atoms with Crippen LogP contribution in [0.25, 0.3) is 0 Å². The standard InChI is InChI=1S/C20H20ClFN4O2/c1-25-17-11-13(21)5-6-16(17)18(27)24-20(25)7-9-26(10-8-20)19(28)23-15-4-2-3-14(22)12-15/h2-6,11-12H,7-10H2,1H3,(H,23,28)(H,24,27). The van der Waals surface area contributed by atoms with E-state index >= 15 is 0 Å². The van der Waals surface area contributed by atoms with Crippen LogP contribution in [0.4, 0.5) is 20.6 Å². The number of nitrogens with one attached hydrogen (secondary N) is 2. The molecule has 2 aliphatic heterocycles. The van der Waals surface area contributed by atoms with Crippen molar-refractivity contribution in [2.24, 2.45) is 0 Å². The molecule has 1 spiro atoms. The zero-order chi connectivity index (χ0) is 19.9. The second-order valence-corrected chi connectivity index (χ2v) is 7.57. The maximum Gasteiger partial charge on any atom is 0.321 e. The topological polar surface area (TPSA) is 64.7 Å². The van der Waals surface area contributed by atoms with Crippen molar-refractivity contribution in [1.29, 1.82) is 0 Å². The van der Waals surface area contributed by atoms with Crippen LogP contribution in [0.1, 0.15) is 23.2 Å². The fourth-order valence-corrected chi connectivity index (χ4v) is 4.04. The molecule has 0 aliphatic carbocycles. The Morgan fingerprint density at radius 2 is 1.96 bits per heavy atom. The van der Waals surface area contributed by atoms with E-state index in [1.807, 2.05) is 11.9 Å². The monoisotopic (exact) mass is 402 g/mol. The van der Waals surface area contributed by atoms with E-state index < -0.39 is 11.5 Å². The van der Waals surface area contributed by atoms with Gasteiger partial charge in [-0.1, -0.05) is 17.7 Å². The molecule has 0 unspecified atom stereocenters. The van der Waals surface area contributed by atoms with Crippen LogP contribution in [0.2, 0.25) is 5.02 Å². The molecule has 2 N–H and O–H groups in total. The lowest BCUT2D eigenvalue weighted by Gasteiger charge is -2.51. The van der Waals surface area contributed by atoms with Crippen molar-refractivity contribution in [2.75, 3.05) is 30.4 Å². The van der Waals surface area contributed by atoms with Crippen LogP contribution in [0.15, 0.2) is 42.5 Å². The molecule has 146 valence electrons. The third kappa shape index (κ3) is 3.26. The zero-order valence-corrected chi connectivity index (χ0v) is 16.1. The molecule has 2 aromatic rings. The summed E-state index contributed by atoms with van der Waals surface area (Å²) < 4.78 is 13.3. The summed E-state index contributed by atoms with van der Waals surface area (Å²) in [6.45, 7) is 0.920. The Kier molecular flexibility index (Phi) is 4.63. The number of halogens is 2. The highest BCUT2D eigenvalue weighted by Crippen LogP contribution is 2.37. The van der Waals surface area contributed by atoms with Crippen molar-refractivity contribution >= 4 is 34.9 Å². The average Bonchev–Trinajstić information content (AvgIpc) is 2.67. The second-order valence-electron chi connectivity index (χ2n) is 7.13. The molecular weight excluding hydrogens is 383 g/mol. The largest absolute Gasteiger partial charge is 0.351 e. The molecule has 2 aromatic carbocycles. The van der Waals surface area contributed by atoms with Crippen molar-refractivity contribution in [3.05, 3.63) is 58.9 Å². The Bertz CT molecular complexity index is 944. The van der Waals surface area contributed by atoms with Gasteiger partial charge in [-0.3, -0.25) is 4.79 Å². The molecule has 0 bridgehead atoms. The number of urea groups is 1. The van der Waals surface area contributed by atoms with Crippen molar-refractivity contribution < 1.29 is 14.0 Å². The lowest BCUT2D eigenvalue weighted by atomic mass is 9.90. The highest BCUT2D eigenvalue weighted by atomic mass is 35.5. The van der Waals surface area contributed by atoms with Gasteiger partial charge in [-0.2, -0.15) is 0 Å². The Labute approximate surface area is 167 Å². The lowest BCUT2D eigenvalue weighted by molar-refractivity contribution is 0.0815. The first-order chi connectivity index (χ1) is 13.4. The fraction of sp³-hybridized carbons (Fsp3) is 0.300. The van der Waals surface area contributed by atoms with Crippen molar-refractivity contribution in [3.63, 3.8) is 0 Å². The van der Waals surface area contributed by atoms with Gasteiger partial charge in [-0.15, -0.1) is 0 Å². The molecule has 1 saturated heterocycles. The van der Waals surface area contributed by atoms with E-state index in [0.29, 0.717) is 42.2 Å². The van der Waals surface area contributed by atoms with E-state index in [2.05, 4.69) is 10.6 Å². The quantitative estimate of drug-likeness (QED) is 0.764. The minimum Gasteiger partial charge on any atom is -0.351 e. The number of hydrogen-bond acceptors (Lipinski definition) is 3. The lowest BCUT2D eigenvalue weighted by Crippen LogP contribution is -2.67. The molecule has 1 fully saturated rings. The number of rotatable bonds is 1. The van der Waals surface area contributed by atoms with Gasteiger partial charge in [0.2, 0.25) is 0 Å². The summed E-state index contributed by atoms with van der Waals surface area (Å²) in [7, 11) is 1.93. The number of nitrogens with zero attached hydrogens (tertiary/aromatic N) is 2. The van der Waals surface area contributed by atoms with Gasteiger partial charge in [-0.05, 0) is 36.4 Å². The summed E-state index contributed by atoms with van der Waals surface area (Å²) >= 11 is 6.12. The maximum absolute atomic E-state index is 13.3. The molecule has 8 heteroatoms. The zero-order valence-electron chi connectivity index (χ0n) is 15.3. The van der Waals surface area contributed by atoms with Gasteiger partial charge in [0.25, 0.3) is 5.91 Å². The average molecular weight is 403 g/mol. The van der Waals surface area contributed by atoms with Crippen LogP contribution in [0.5, 0.6) is 0 Å². The number of benzene rings is 2. The first-order valence-electron chi connectivity index (χ1n) is 9.05. The Morgan fingerprint density at radius 1 is 1.21 bits per heavy atom. The highest BCUT2D eigenvalue weighted by Gasteiger charge is 2.44. The predicted molar refractivity (Wildman–Crippen MR) is 106 cm³/mol. The highest BCUT2D eigenvalue weighted by molar-refractivity contribution is 6.31. The van der Waals surface area contributed by atoms with Gasteiger partial charge >= 0.3 is 6.03 Å². The van der Waals surface area contributed by atoms with Gasteiger partial charge in [0, 0.05) is 43.7 Å². The van der Waals surface area contributed by atoms with Crippen molar-refractivity contribution in [1.82, 2.24) is 10.2 Å². The van der Waals surface area contributed by atoms with Gasteiger partial charge in [0.05, 0.1) is 11.3 Å². The number of piperidine rings is 1. The summed E-state index contributed by atoms with van der Waals surface area (Å²) in [6.07, 6.45) is 1.13. The molecule has 0 atom stereocenters. The molecular formula is C20H20ClFN4O2. The molecule has 28 heavy (non-hydrogen) atoms. The van der Waals surface area contributed by atoms with Crippen LogP contribution in [-0.4, -0.2) is 42.6 Å². The van der Waals surface area contributed by atoms with Crippen LogP contribution in [0.3, 0.4) is 0 Å². The Balaban J connectivity index is 1.47. The molecule has 4 rings (SSSR count). The number of amides is 3. The summed E-state index contributed by atoms with van der Waals surface area (Å²) in [5.41, 5.74) is 1.22. The fourth-order valence-electron chi connectivity index (χ4n) is 3.88. The number of fused-ring (bicyclic) bond motifs is 1. The molecule has 2 heterocycles. The Hall–Kier alpha value is -2.80. The van der Waals surface area contributed by atoms with Crippen molar-refractivity contribution in [2.45, 2.75) is 18.5 Å². The summed E-state index contributed by atoms with van der Waals surface area (Å²) in [6, 6.07) is 10.7. The Morgan fingerprint density at radius 3 is 2.68 bits per heavy atom. The van der Waals surface area contributed by atoms with Crippen LogP contribution in [0, 0.1) is 5.82 Å². The minimum absolute atomic E-state index is 0.137. The normalized spacial score (nSPS) is 17.9. The smallest absolute Gasteiger partial charge is 0.321 e. The number of anilines is 2. The number of carbonyl (C=O) groups excluding carboxylic acids is 2. The summed E-state index contributed by atoms with van der Waals surface area (Å²) in [5.74, 6) is -0.540. The SMILES string of the molecule is CN1c2cc(Cl)ccc2C(=O)NC12CCN(C(=O)Nc1cccc(F)c1)CC2. The molecule has 3 amide bonds. The van der Waals surface area contributed by atoms with Gasteiger partial charge in [0.1, 0.15) is 11.5 Å². The molecule has 0 radical (unpaired) electrons. The van der Waals surface area contributed by atoms with E-state index in [-0.39, 0.29) is 11.9 Å². The summed E-state index contributed by atoms with van der Waals surface area (Å²) in [5, 5.41) is 6.40.